The first-order valence-corrected chi connectivity index (χ1v) is 20.4. The zero-order valence-electron chi connectivity index (χ0n) is 31.1. The van der Waals surface area contributed by atoms with Gasteiger partial charge in [-0.3, -0.25) is 0 Å². The number of aliphatic hydroxyl groups excluding tert-OH is 5. The summed E-state index contributed by atoms with van der Waals surface area (Å²) in [7, 11) is 0. The number of urea groups is 1. The number of nitrogens with one attached hydrogen (secondary N) is 2. The van der Waals surface area contributed by atoms with E-state index >= 15 is 0 Å². The third-order valence-electron chi connectivity index (χ3n) is 10.2. The van der Waals surface area contributed by atoms with E-state index in [1.54, 1.807) is 0 Å². The van der Waals surface area contributed by atoms with Crippen molar-refractivity contribution in [2.24, 2.45) is 0 Å². The summed E-state index contributed by atoms with van der Waals surface area (Å²) >= 11 is 0. The molecule has 1 aliphatic rings. The second kappa shape index (κ2) is 30.8. The minimum Gasteiger partial charge on any atom is -0.393 e. The van der Waals surface area contributed by atoms with Crippen LogP contribution in [0.4, 0.5) is 4.79 Å². The van der Waals surface area contributed by atoms with Crippen molar-refractivity contribution in [1.29, 1.82) is 0 Å². The van der Waals surface area contributed by atoms with Gasteiger partial charge in [0.05, 0.1) is 37.1 Å². The van der Waals surface area contributed by atoms with Crippen molar-refractivity contribution in [1.82, 2.24) is 10.6 Å². The SMILES string of the molecule is CCCCCCCCCCCCCCCCCCCCCCCCNC(=O)NC(COC1CCCC(O)C(O)C1O)C(O)CC(O)CC. The lowest BCUT2D eigenvalue weighted by Crippen LogP contribution is -2.52. The number of carbonyl (C=O) groups is 1. The van der Waals surface area contributed by atoms with Crippen molar-refractivity contribution in [3.8, 4) is 0 Å². The summed E-state index contributed by atoms with van der Waals surface area (Å²) in [6.45, 7) is 4.55. The minimum absolute atomic E-state index is 0.0821. The fourth-order valence-corrected chi connectivity index (χ4v) is 6.74. The highest BCUT2D eigenvalue weighted by Gasteiger charge is 2.36. The Hall–Kier alpha value is -0.970. The molecule has 7 unspecified atom stereocenters. The molecule has 48 heavy (non-hydrogen) atoms. The number of ether oxygens (including phenoxy) is 1. The lowest BCUT2D eigenvalue weighted by Gasteiger charge is -2.30. The van der Waals surface area contributed by atoms with Crippen molar-refractivity contribution < 1.29 is 35.1 Å². The van der Waals surface area contributed by atoms with Crippen LogP contribution in [0.5, 0.6) is 0 Å². The van der Waals surface area contributed by atoms with Crippen molar-refractivity contribution in [3.63, 3.8) is 0 Å². The molecule has 0 aliphatic heterocycles. The van der Waals surface area contributed by atoms with Crippen LogP contribution >= 0.6 is 0 Å². The van der Waals surface area contributed by atoms with Gasteiger partial charge in [-0.25, -0.2) is 4.79 Å². The van der Waals surface area contributed by atoms with E-state index in [0.717, 1.165) is 19.3 Å². The molecule has 9 nitrogen and oxygen atoms in total. The second-order valence-corrected chi connectivity index (χ2v) is 14.6. The van der Waals surface area contributed by atoms with Crippen molar-refractivity contribution in [2.75, 3.05) is 13.2 Å². The van der Waals surface area contributed by atoms with Crippen LogP contribution in [-0.2, 0) is 4.74 Å². The van der Waals surface area contributed by atoms with Crippen LogP contribution in [0.1, 0.15) is 187 Å². The highest BCUT2D eigenvalue weighted by Crippen LogP contribution is 2.22. The van der Waals surface area contributed by atoms with E-state index in [1.807, 2.05) is 6.92 Å². The summed E-state index contributed by atoms with van der Waals surface area (Å²) in [6, 6.07) is -1.21. The number of rotatable bonds is 31. The summed E-state index contributed by atoms with van der Waals surface area (Å²) in [6.07, 6.45) is 25.3. The number of carbonyl (C=O) groups excluding carboxylic acids is 1. The van der Waals surface area contributed by atoms with Crippen LogP contribution in [-0.4, -0.2) is 87.4 Å². The van der Waals surface area contributed by atoms with Gasteiger partial charge in [0, 0.05) is 13.0 Å². The first kappa shape index (κ1) is 45.1. The summed E-state index contributed by atoms with van der Waals surface area (Å²) in [5, 5.41) is 56.9. The fourth-order valence-electron chi connectivity index (χ4n) is 6.74. The van der Waals surface area contributed by atoms with Gasteiger partial charge in [-0.2, -0.15) is 0 Å². The van der Waals surface area contributed by atoms with Gasteiger partial charge in [-0.1, -0.05) is 149 Å². The Morgan fingerprint density at radius 2 is 1.12 bits per heavy atom. The van der Waals surface area contributed by atoms with Crippen molar-refractivity contribution >= 4 is 6.03 Å². The van der Waals surface area contributed by atoms with Gasteiger partial charge >= 0.3 is 6.03 Å². The predicted octanol–water partition coefficient (Wildman–Crippen LogP) is 7.43. The first-order chi connectivity index (χ1) is 23.3. The van der Waals surface area contributed by atoms with Crippen LogP contribution in [0.15, 0.2) is 0 Å². The van der Waals surface area contributed by atoms with Crippen LogP contribution in [0, 0.1) is 0 Å². The molecule has 7 atom stereocenters. The standard InChI is InChI=1S/C39H78N2O7/c1-3-5-6-7-8-9-10-11-12-13-14-15-16-17-18-19-20-21-22-23-24-25-29-40-39(47)41-33(35(44)30-32(42)4-2)31-48-36-28-26-27-34(43)37(45)38(36)46/h32-38,42-46H,3-31H2,1-2H3,(H2,40,41,47). The van der Waals surface area contributed by atoms with Crippen LogP contribution < -0.4 is 10.6 Å². The maximum Gasteiger partial charge on any atom is 0.315 e. The van der Waals surface area contributed by atoms with E-state index in [1.165, 1.54) is 122 Å². The molecule has 0 aromatic carbocycles. The smallest absolute Gasteiger partial charge is 0.315 e. The Bertz CT molecular complexity index is 730. The second-order valence-electron chi connectivity index (χ2n) is 14.6. The molecule has 0 aromatic heterocycles. The van der Waals surface area contributed by atoms with E-state index < -0.39 is 48.7 Å². The maximum atomic E-state index is 12.6. The maximum absolute atomic E-state index is 12.6. The molecule has 0 spiro atoms. The molecule has 0 heterocycles. The molecule has 1 fully saturated rings. The largest absolute Gasteiger partial charge is 0.393 e. The molecule has 7 N–H and O–H groups in total. The van der Waals surface area contributed by atoms with Gasteiger partial charge < -0.3 is 40.9 Å². The monoisotopic (exact) mass is 687 g/mol. The Morgan fingerprint density at radius 3 is 1.58 bits per heavy atom. The van der Waals surface area contributed by atoms with E-state index in [9.17, 15) is 30.3 Å². The number of aliphatic hydroxyl groups is 5. The number of unbranched alkanes of at least 4 members (excludes halogenated alkanes) is 21. The Morgan fingerprint density at radius 1 is 0.667 bits per heavy atom. The van der Waals surface area contributed by atoms with Crippen LogP contribution in [0.2, 0.25) is 0 Å². The third-order valence-corrected chi connectivity index (χ3v) is 10.2. The van der Waals surface area contributed by atoms with Gasteiger partial charge in [0.2, 0.25) is 0 Å². The van der Waals surface area contributed by atoms with E-state index in [2.05, 4.69) is 17.6 Å². The summed E-state index contributed by atoms with van der Waals surface area (Å²) in [5.74, 6) is 0. The Kier molecular flexibility index (Phi) is 28.9. The molecule has 1 aliphatic carbocycles. The van der Waals surface area contributed by atoms with E-state index in [-0.39, 0.29) is 13.0 Å². The van der Waals surface area contributed by atoms with Gasteiger partial charge in [0.1, 0.15) is 12.2 Å². The topological polar surface area (TPSA) is 152 Å². The zero-order chi connectivity index (χ0) is 35.2. The summed E-state index contributed by atoms with van der Waals surface area (Å²) in [4.78, 5) is 12.6. The van der Waals surface area contributed by atoms with E-state index in [4.69, 9.17) is 4.74 Å². The van der Waals surface area contributed by atoms with Crippen molar-refractivity contribution in [3.05, 3.63) is 0 Å². The number of hydrogen-bond acceptors (Lipinski definition) is 7. The van der Waals surface area contributed by atoms with Crippen molar-refractivity contribution in [2.45, 2.75) is 230 Å². The molecule has 1 rings (SSSR count). The molecule has 0 bridgehead atoms. The highest BCUT2D eigenvalue weighted by atomic mass is 16.5. The summed E-state index contributed by atoms with van der Waals surface area (Å²) in [5.41, 5.74) is 0. The molecule has 0 saturated heterocycles. The minimum atomic E-state index is -1.31. The normalized spacial score (nSPS) is 21.8. The predicted molar refractivity (Wildman–Crippen MR) is 196 cm³/mol. The van der Waals surface area contributed by atoms with E-state index in [0.29, 0.717) is 32.2 Å². The molecular formula is C39H78N2O7. The third kappa shape index (κ3) is 23.4. The Labute approximate surface area is 294 Å². The van der Waals surface area contributed by atoms with Crippen LogP contribution in [0.3, 0.4) is 0 Å². The highest BCUT2D eigenvalue weighted by molar-refractivity contribution is 5.74. The average molecular weight is 687 g/mol. The van der Waals surface area contributed by atoms with Gasteiger partial charge in [0.15, 0.2) is 0 Å². The van der Waals surface area contributed by atoms with Gasteiger partial charge in [-0.05, 0) is 32.1 Å². The quantitative estimate of drug-likeness (QED) is 0.0296. The van der Waals surface area contributed by atoms with Crippen LogP contribution in [0.25, 0.3) is 0 Å². The molecular weight excluding hydrogens is 608 g/mol. The lowest BCUT2D eigenvalue weighted by atomic mass is 10.0. The lowest BCUT2D eigenvalue weighted by molar-refractivity contribution is -0.120. The van der Waals surface area contributed by atoms with Gasteiger partial charge in [-0.15, -0.1) is 0 Å². The number of hydrogen-bond donors (Lipinski definition) is 7. The summed E-state index contributed by atoms with van der Waals surface area (Å²) < 4.78 is 5.84. The average Bonchev–Trinajstić information content (AvgIpc) is 3.19. The van der Waals surface area contributed by atoms with Gasteiger partial charge in [0.25, 0.3) is 0 Å². The number of amides is 2. The molecule has 1 saturated carbocycles. The molecule has 9 heteroatoms. The molecule has 0 aromatic rings. The Balaban J connectivity index is 2.06. The zero-order valence-corrected chi connectivity index (χ0v) is 31.1. The first-order valence-electron chi connectivity index (χ1n) is 20.4. The fraction of sp³-hybridized carbons (Fsp3) is 0.974. The molecule has 286 valence electrons. The molecule has 2 amide bonds. The molecule has 0 radical (unpaired) electrons.